The van der Waals surface area contributed by atoms with Crippen molar-refractivity contribution in [2.75, 3.05) is 0 Å². The topological polar surface area (TPSA) is 17.1 Å². The van der Waals surface area contributed by atoms with Crippen molar-refractivity contribution in [2.45, 2.75) is 104 Å². The van der Waals surface area contributed by atoms with Crippen LogP contribution < -0.4 is 0 Å². The van der Waals surface area contributed by atoms with Crippen LogP contribution in [0.2, 0.25) is 0 Å². The fourth-order valence-corrected chi connectivity index (χ4v) is 2.65. The summed E-state index contributed by atoms with van der Waals surface area (Å²) in [5.74, 6) is 0. The molecule has 0 aromatic heterocycles. The summed E-state index contributed by atoms with van der Waals surface area (Å²) in [6, 6.07) is 0. The molecule has 0 heterocycles. The van der Waals surface area contributed by atoms with Crippen LogP contribution in [0.15, 0.2) is 12.2 Å². The first-order chi connectivity index (χ1) is 10.5. The van der Waals surface area contributed by atoms with Crippen LogP contribution >= 0.6 is 11.6 Å². The van der Waals surface area contributed by atoms with Crippen molar-refractivity contribution in [1.82, 2.24) is 0 Å². The molecule has 0 rings (SSSR count). The van der Waals surface area contributed by atoms with Gasteiger partial charge in [-0.1, -0.05) is 84.3 Å². The number of hydrogen-bond acceptors (Lipinski definition) is 1. The average Bonchev–Trinajstić information content (AvgIpc) is 2.47. The van der Waals surface area contributed by atoms with Gasteiger partial charge < -0.3 is 0 Å². The van der Waals surface area contributed by atoms with E-state index in [2.05, 4.69) is 19.1 Å². The molecule has 2 heteroatoms. The minimum absolute atomic E-state index is 0.204. The van der Waals surface area contributed by atoms with Gasteiger partial charge in [0.25, 0.3) is 0 Å². The fourth-order valence-electron chi connectivity index (χ4n) is 2.56. The molecule has 0 N–H and O–H groups in total. The number of unbranched alkanes of at least 4 members (excludes halogenated alkanes) is 10. The minimum Gasteiger partial charge on any atom is -0.281 e. The van der Waals surface area contributed by atoms with Gasteiger partial charge in [0.2, 0.25) is 5.24 Å². The van der Waals surface area contributed by atoms with Gasteiger partial charge >= 0.3 is 0 Å². The third-order valence-corrected chi connectivity index (χ3v) is 4.86. The predicted molar refractivity (Wildman–Crippen MR) is 99.5 cm³/mol. The Labute approximate surface area is 143 Å². The van der Waals surface area contributed by atoms with Crippen molar-refractivity contribution in [3.05, 3.63) is 12.2 Å². The van der Waals surface area contributed by atoms with Gasteiger partial charge in [0.1, 0.15) is 0 Å². The third kappa shape index (κ3) is 13.4. The van der Waals surface area contributed by atoms with Gasteiger partial charge in [0.15, 0.2) is 0 Å². The second kappa shape index (κ2) is 14.3. The molecule has 22 heavy (non-hydrogen) atoms. The van der Waals surface area contributed by atoms with E-state index in [-0.39, 0.29) is 10.7 Å². The lowest BCUT2D eigenvalue weighted by Gasteiger charge is -2.18. The highest BCUT2D eigenvalue weighted by molar-refractivity contribution is 6.64. The van der Waals surface area contributed by atoms with Crippen LogP contribution in [0.3, 0.4) is 0 Å². The molecule has 0 spiro atoms. The second-order valence-electron chi connectivity index (χ2n) is 7.14. The summed E-state index contributed by atoms with van der Waals surface area (Å²) < 4.78 is 0. The summed E-state index contributed by atoms with van der Waals surface area (Å²) in [7, 11) is 0. The largest absolute Gasteiger partial charge is 0.281 e. The Hall–Kier alpha value is -0.300. The van der Waals surface area contributed by atoms with Crippen LogP contribution in [0, 0.1) is 5.41 Å². The Bertz CT molecular complexity index is 294. The quantitative estimate of drug-likeness (QED) is 0.173. The van der Waals surface area contributed by atoms with Gasteiger partial charge in [0.05, 0.1) is 0 Å². The Morgan fingerprint density at radius 2 is 1.27 bits per heavy atom. The van der Waals surface area contributed by atoms with E-state index in [1.165, 1.54) is 70.6 Å². The first kappa shape index (κ1) is 21.7. The van der Waals surface area contributed by atoms with Crippen molar-refractivity contribution >= 4 is 16.8 Å². The van der Waals surface area contributed by atoms with Gasteiger partial charge in [0, 0.05) is 5.41 Å². The van der Waals surface area contributed by atoms with Crippen molar-refractivity contribution in [1.29, 1.82) is 0 Å². The molecule has 0 aliphatic heterocycles. The van der Waals surface area contributed by atoms with Gasteiger partial charge in [-0.05, 0) is 43.7 Å². The van der Waals surface area contributed by atoms with E-state index >= 15 is 0 Å². The number of rotatable bonds is 15. The van der Waals surface area contributed by atoms with Crippen LogP contribution in [0.25, 0.3) is 0 Å². The van der Waals surface area contributed by atoms with Crippen molar-refractivity contribution < 1.29 is 4.79 Å². The summed E-state index contributed by atoms with van der Waals surface area (Å²) in [6.07, 6.45) is 21.2. The van der Waals surface area contributed by atoms with Gasteiger partial charge in [-0.2, -0.15) is 0 Å². The first-order valence-electron chi connectivity index (χ1n) is 9.35. The number of allylic oxidation sites excluding steroid dienone is 2. The summed E-state index contributed by atoms with van der Waals surface area (Å²) in [5.41, 5.74) is -0.349. The van der Waals surface area contributed by atoms with Crippen molar-refractivity contribution in [3.63, 3.8) is 0 Å². The molecule has 1 nitrogen and oxygen atoms in total. The van der Waals surface area contributed by atoms with Gasteiger partial charge in [-0.25, -0.2) is 0 Å². The summed E-state index contributed by atoms with van der Waals surface area (Å²) in [6.45, 7) is 6.14. The monoisotopic (exact) mass is 328 g/mol. The number of carbonyl (C=O) groups excluding carboxylic acids is 1. The van der Waals surface area contributed by atoms with E-state index in [9.17, 15) is 4.79 Å². The lowest BCUT2D eigenvalue weighted by atomic mass is 9.88. The molecular weight excluding hydrogens is 292 g/mol. The summed E-state index contributed by atoms with van der Waals surface area (Å²) in [5, 5.41) is -0.204. The Morgan fingerprint density at radius 3 is 1.77 bits per heavy atom. The Kier molecular flexibility index (Phi) is 14.1. The smallest absolute Gasteiger partial charge is 0.227 e. The van der Waals surface area contributed by atoms with Crippen LogP contribution in [0.1, 0.15) is 104 Å². The van der Waals surface area contributed by atoms with Crippen LogP contribution in [-0.2, 0) is 4.79 Å². The predicted octanol–water partition coefficient (Wildman–Crippen LogP) is 7.43. The molecule has 0 aromatic carbocycles. The highest BCUT2D eigenvalue weighted by Gasteiger charge is 2.24. The van der Waals surface area contributed by atoms with E-state index in [1.54, 1.807) is 0 Å². The van der Waals surface area contributed by atoms with E-state index in [1.807, 2.05) is 13.8 Å². The second-order valence-corrected chi connectivity index (χ2v) is 7.48. The van der Waals surface area contributed by atoms with Crippen LogP contribution in [0.4, 0.5) is 0 Å². The summed E-state index contributed by atoms with van der Waals surface area (Å²) in [4.78, 5) is 11.2. The maximum Gasteiger partial charge on any atom is 0.227 e. The van der Waals surface area contributed by atoms with E-state index < -0.39 is 0 Å². The molecular formula is C20H37ClO. The molecule has 0 fully saturated rings. The Balaban J connectivity index is 3.29. The first-order valence-corrected chi connectivity index (χ1v) is 9.73. The minimum atomic E-state index is -0.349. The molecule has 0 bridgehead atoms. The number of carbonyl (C=O) groups is 1. The zero-order valence-corrected chi connectivity index (χ0v) is 15.9. The third-order valence-electron chi connectivity index (χ3n) is 4.35. The zero-order valence-electron chi connectivity index (χ0n) is 15.1. The lowest BCUT2D eigenvalue weighted by Crippen LogP contribution is -2.18. The number of hydrogen-bond donors (Lipinski definition) is 0. The summed E-state index contributed by atoms with van der Waals surface area (Å²) >= 11 is 5.58. The highest BCUT2D eigenvalue weighted by atomic mass is 35.5. The average molecular weight is 329 g/mol. The molecule has 0 saturated carbocycles. The molecule has 0 aliphatic rings. The van der Waals surface area contributed by atoms with Gasteiger partial charge in [-0.3, -0.25) is 4.79 Å². The normalized spacial score (nSPS) is 12.2. The molecule has 0 unspecified atom stereocenters. The van der Waals surface area contributed by atoms with Gasteiger partial charge in [-0.15, -0.1) is 0 Å². The van der Waals surface area contributed by atoms with E-state index in [0.29, 0.717) is 0 Å². The highest BCUT2D eigenvalue weighted by Crippen LogP contribution is 2.26. The zero-order chi connectivity index (χ0) is 16.7. The Morgan fingerprint density at radius 1 is 0.818 bits per heavy atom. The van der Waals surface area contributed by atoms with Crippen LogP contribution in [-0.4, -0.2) is 5.24 Å². The SMILES string of the molecule is CCCCCCCCC=CCCCCCCC(C)(C)C(=O)Cl. The molecule has 0 radical (unpaired) electrons. The van der Waals surface area contributed by atoms with Crippen molar-refractivity contribution in [3.8, 4) is 0 Å². The molecule has 0 amide bonds. The van der Waals surface area contributed by atoms with Crippen molar-refractivity contribution in [2.24, 2.45) is 5.41 Å². The van der Waals surface area contributed by atoms with Crippen LogP contribution in [0.5, 0.6) is 0 Å². The maximum absolute atomic E-state index is 11.2. The van der Waals surface area contributed by atoms with E-state index in [0.717, 1.165) is 12.8 Å². The lowest BCUT2D eigenvalue weighted by molar-refractivity contribution is -0.119. The molecule has 0 atom stereocenters. The maximum atomic E-state index is 11.2. The standard InChI is InChI=1S/C20H37ClO/c1-4-5-6-7-8-9-10-11-12-13-14-15-16-17-18-20(2,3)19(21)22/h11-12H,4-10,13-18H2,1-3H3. The fraction of sp³-hybridized carbons (Fsp3) is 0.850. The molecule has 0 saturated heterocycles. The molecule has 130 valence electrons. The molecule has 0 aromatic rings. The molecule has 0 aliphatic carbocycles. The van der Waals surface area contributed by atoms with E-state index in [4.69, 9.17) is 11.6 Å². The number of halogens is 1.